The number of carbonyl (C=O) groups is 1. The van der Waals surface area contributed by atoms with Crippen LogP contribution in [-0.2, 0) is 20.9 Å². The zero-order valence-corrected chi connectivity index (χ0v) is 16.6. The fourth-order valence-electron chi connectivity index (χ4n) is 3.29. The standard InChI is InChI=1S/C23H21FN2O4/c1-3-28-23(27)20-14(2)30-22(26)17(12-25)21(20)16-9-5-7-11-19(16)29-13-15-8-4-6-10-18(15)24/h4-11,21H,3,13,26H2,1-2H3. The van der Waals surface area contributed by atoms with Crippen LogP contribution in [0.3, 0.4) is 0 Å². The summed E-state index contributed by atoms with van der Waals surface area (Å²) in [7, 11) is 0. The molecule has 0 fully saturated rings. The van der Waals surface area contributed by atoms with Crippen molar-refractivity contribution in [3.05, 3.63) is 88.3 Å². The Hall–Kier alpha value is -3.79. The number of para-hydroxylation sites is 1. The van der Waals surface area contributed by atoms with Crippen molar-refractivity contribution in [3.63, 3.8) is 0 Å². The van der Waals surface area contributed by atoms with Crippen LogP contribution in [0.4, 0.5) is 4.39 Å². The van der Waals surface area contributed by atoms with E-state index in [2.05, 4.69) is 0 Å². The summed E-state index contributed by atoms with van der Waals surface area (Å²) >= 11 is 0. The summed E-state index contributed by atoms with van der Waals surface area (Å²) in [6.45, 7) is 3.41. The van der Waals surface area contributed by atoms with Gasteiger partial charge in [0.2, 0.25) is 5.88 Å². The van der Waals surface area contributed by atoms with Gasteiger partial charge in [-0.05, 0) is 26.0 Å². The third-order valence-corrected chi connectivity index (χ3v) is 4.67. The monoisotopic (exact) mass is 408 g/mol. The van der Waals surface area contributed by atoms with E-state index in [1.54, 1.807) is 56.3 Å². The van der Waals surface area contributed by atoms with E-state index in [1.165, 1.54) is 6.07 Å². The normalized spacial score (nSPS) is 16.0. The van der Waals surface area contributed by atoms with E-state index < -0.39 is 11.9 Å². The van der Waals surface area contributed by atoms with E-state index in [-0.39, 0.29) is 41.8 Å². The smallest absolute Gasteiger partial charge is 0.338 e. The molecule has 1 unspecified atom stereocenters. The predicted octanol–water partition coefficient (Wildman–Crippen LogP) is 4.05. The van der Waals surface area contributed by atoms with Crippen molar-refractivity contribution in [2.75, 3.05) is 6.61 Å². The molecule has 0 bridgehead atoms. The van der Waals surface area contributed by atoms with E-state index in [1.807, 2.05) is 6.07 Å². The largest absolute Gasteiger partial charge is 0.488 e. The van der Waals surface area contributed by atoms with Crippen molar-refractivity contribution in [3.8, 4) is 11.8 Å². The highest BCUT2D eigenvalue weighted by Gasteiger charge is 2.37. The molecule has 1 aliphatic heterocycles. The number of hydrogen-bond donors (Lipinski definition) is 1. The average Bonchev–Trinajstić information content (AvgIpc) is 2.73. The molecule has 0 radical (unpaired) electrons. The molecule has 1 heterocycles. The van der Waals surface area contributed by atoms with Crippen LogP contribution in [0.15, 0.2) is 71.3 Å². The SMILES string of the molecule is CCOC(=O)C1=C(C)OC(N)=C(C#N)C1c1ccccc1OCc1ccccc1F. The third-order valence-electron chi connectivity index (χ3n) is 4.67. The lowest BCUT2D eigenvalue weighted by Gasteiger charge is -2.28. The van der Waals surface area contributed by atoms with E-state index in [9.17, 15) is 14.4 Å². The summed E-state index contributed by atoms with van der Waals surface area (Å²) < 4.78 is 30.5. The second-order valence-corrected chi connectivity index (χ2v) is 6.53. The number of carbonyl (C=O) groups excluding carboxylic acids is 1. The van der Waals surface area contributed by atoms with Gasteiger partial charge in [0.05, 0.1) is 18.1 Å². The Kier molecular flexibility index (Phi) is 6.38. The van der Waals surface area contributed by atoms with Crippen LogP contribution in [0.5, 0.6) is 5.75 Å². The van der Waals surface area contributed by atoms with Crippen molar-refractivity contribution in [1.82, 2.24) is 0 Å². The second kappa shape index (κ2) is 9.14. The molecule has 3 rings (SSSR count). The van der Waals surface area contributed by atoms with Crippen molar-refractivity contribution < 1.29 is 23.4 Å². The second-order valence-electron chi connectivity index (χ2n) is 6.53. The highest BCUT2D eigenvalue weighted by molar-refractivity contribution is 5.92. The van der Waals surface area contributed by atoms with Crippen LogP contribution >= 0.6 is 0 Å². The molecule has 0 saturated carbocycles. The van der Waals surface area contributed by atoms with Crippen LogP contribution in [0.25, 0.3) is 0 Å². The van der Waals surface area contributed by atoms with Crippen LogP contribution in [0.2, 0.25) is 0 Å². The van der Waals surface area contributed by atoms with Crippen LogP contribution in [-0.4, -0.2) is 12.6 Å². The minimum absolute atomic E-state index is 0.0224. The Bertz CT molecular complexity index is 1070. The first-order chi connectivity index (χ1) is 14.5. The topological polar surface area (TPSA) is 94.6 Å². The minimum Gasteiger partial charge on any atom is -0.488 e. The summed E-state index contributed by atoms with van der Waals surface area (Å²) in [5, 5.41) is 9.71. The Morgan fingerprint density at radius 1 is 1.23 bits per heavy atom. The summed E-state index contributed by atoms with van der Waals surface area (Å²) in [6, 6.07) is 15.2. The molecule has 0 saturated heterocycles. The lowest BCUT2D eigenvalue weighted by Crippen LogP contribution is -2.26. The summed E-state index contributed by atoms with van der Waals surface area (Å²) in [5.74, 6) is -1.27. The predicted molar refractivity (Wildman–Crippen MR) is 107 cm³/mol. The number of rotatable bonds is 6. The molecule has 0 aliphatic carbocycles. The first-order valence-corrected chi connectivity index (χ1v) is 9.38. The van der Waals surface area contributed by atoms with E-state index >= 15 is 0 Å². The Labute approximate surface area is 174 Å². The van der Waals surface area contributed by atoms with E-state index in [4.69, 9.17) is 19.9 Å². The van der Waals surface area contributed by atoms with Gasteiger partial charge in [-0.15, -0.1) is 0 Å². The molecule has 6 nitrogen and oxygen atoms in total. The van der Waals surface area contributed by atoms with Crippen molar-refractivity contribution in [2.24, 2.45) is 5.73 Å². The number of nitrogens with two attached hydrogens (primary N) is 1. The molecular formula is C23H21FN2O4. The van der Waals surface area contributed by atoms with Gasteiger partial charge in [-0.2, -0.15) is 5.26 Å². The molecule has 0 amide bonds. The van der Waals surface area contributed by atoms with Crippen LogP contribution in [0, 0.1) is 17.1 Å². The quantitative estimate of drug-likeness (QED) is 0.725. The van der Waals surface area contributed by atoms with Gasteiger partial charge in [0, 0.05) is 11.1 Å². The number of hydrogen-bond acceptors (Lipinski definition) is 6. The summed E-state index contributed by atoms with van der Waals surface area (Å²) in [5.41, 5.74) is 7.09. The number of nitriles is 1. The molecule has 2 aromatic carbocycles. The minimum atomic E-state index is -0.834. The molecule has 154 valence electrons. The van der Waals surface area contributed by atoms with Crippen LogP contribution in [0.1, 0.15) is 30.9 Å². The maximum absolute atomic E-state index is 14.0. The van der Waals surface area contributed by atoms with Gasteiger partial charge in [0.25, 0.3) is 0 Å². The number of allylic oxidation sites excluding steroid dienone is 2. The first kappa shape index (κ1) is 20.9. The fraction of sp³-hybridized carbons (Fsp3) is 0.217. The van der Waals surface area contributed by atoms with Crippen molar-refractivity contribution in [2.45, 2.75) is 26.4 Å². The Morgan fingerprint density at radius 3 is 2.63 bits per heavy atom. The summed E-state index contributed by atoms with van der Waals surface area (Å²) in [6.07, 6.45) is 0. The summed E-state index contributed by atoms with van der Waals surface area (Å²) in [4.78, 5) is 12.7. The molecule has 2 aromatic rings. The maximum atomic E-state index is 14.0. The lowest BCUT2D eigenvalue weighted by atomic mass is 9.82. The Morgan fingerprint density at radius 2 is 1.93 bits per heavy atom. The number of benzene rings is 2. The molecule has 0 spiro atoms. The van der Waals surface area contributed by atoms with Gasteiger partial charge in [0.15, 0.2) is 0 Å². The Balaban J connectivity index is 2.05. The molecule has 2 N–H and O–H groups in total. The van der Waals surface area contributed by atoms with E-state index in [0.29, 0.717) is 16.9 Å². The van der Waals surface area contributed by atoms with E-state index in [0.717, 1.165) is 0 Å². The maximum Gasteiger partial charge on any atom is 0.338 e. The molecule has 1 aliphatic rings. The fourth-order valence-corrected chi connectivity index (χ4v) is 3.29. The van der Waals surface area contributed by atoms with Crippen LogP contribution < -0.4 is 10.5 Å². The number of esters is 1. The molecular weight excluding hydrogens is 387 g/mol. The van der Waals surface area contributed by atoms with Gasteiger partial charge in [-0.3, -0.25) is 0 Å². The van der Waals surface area contributed by atoms with Gasteiger partial charge >= 0.3 is 5.97 Å². The molecule has 1 atom stereocenters. The average molecular weight is 408 g/mol. The number of halogens is 1. The zero-order valence-electron chi connectivity index (χ0n) is 16.6. The molecule has 7 heteroatoms. The lowest BCUT2D eigenvalue weighted by molar-refractivity contribution is -0.139. The van der Waals surface area contributed by atoms with Gasteiger partial charge in [-0.1, -0.05) is 36.4 Å². The molecule has 0 aromatic heterocycles. The third kappa shape index (κ3) is 4.13. The highest BCUT2D eigenvalue weighted by atomic mass is 19.1. The number of nitrogens with zero attached hydrogens (tertiary/aromatic N) is 1. The number of ether oxygens (including phenoxy) is 3. The van der Waals surface area contributed by atoms with Gasteiger partial charge in [0.1, 0.15) is 35.6 Å². The first-order valence-electron chi connectivity index (χ1n) is 9.38. The van der Waals surface area contributed by atoms with Gasteiger partial charge in [-0.25, -0.2) is 9.18 Å². The zero-order chi connectivity index (χ0) is 21.7. The van der Waals surface area contributed by atoms with Gasteiger partial charge < -0.3 is 19.9 Å². The molecule has 30 heavy (non-hydrogen) atoms. The van der Waals surface area contributed by atoms with Crippen molar-refractivity contribution in [1.29, 1.82) is 5.26 Å². The van der Waals surface area contributed by atoms with Crippen molar-refractivity contribution >= 4 is 5.97 Å². The highest BCUT2D eigenvalue weighted by Crippen LogP contribution is 2.43.